The molecule has 3 rings (SSSR count). The molecule has 1 saturated heterocycles. The topological polar surface area (TPSA) is 59.4 Å². The van der Waals surface area contributed by atoms with Crippen LogP contribution in [0.2, 0.25) is 0 Å². The van der Waals surface area contributed by atoms with Crippen LogP contribution in [0.1, 0.15) is 16.5 Å². The van der Waals surface area contributed by atoms with E-state index in [0.29, 0.717) is 6.54 Å². The van der Waals surface area contributed by atoms with Gasteiger partial charge in [0.1, 0.15) is 0 Å². The van der Waals surface area contributed by atoms with E-state index < -0.39 is 0 Å². The summed E-state index contributed by atoms with van der Waals surface area (Å²) in [4.78, 5) is 15.8. The quantitative estimate of drug-likeness (QED) is 0.809. The Morgan fingerprint density at radius 3 is 3.00 bits per heavy atom. The van der Waals surface area contributed by atoms with Crippen LogP contribution in [0.4, 0.5) is 0 Å². The number of aryl methyl sites for hydroxylation is 1. The van der Waals surface area contributed by atoms with Crippen LogP contribution >= 0.6 is 11.3 Å². The van der Waals surface area contributed by atoms with Gasteiger partial charge in [0.05, 0.1) is 25.5 Å². The van der Waals surface area contributed by atoms with Crippen molar-refractivity contribution in [3.63, 3.8) is 0 Å². The van der Waals surface area contributed by atoms with Gasteiger partial charge in [-0.1, -0.05) is 6.07 Å². The fraction of sp³-hybridized carbons (Fsp3) is 0.412. The van der Waals surface area contributed by atoms with Crippen molar-refractivity contribution >= 4 is 23.3 Å². The maximum absolute atomic E-state index is 12.1. The molecule has 3 heterocycles. The van der Waals surface area contributed by atoms with Gasteiger partial charge in [-0.15, -0.1) is 11.3 Å². The number of carbonyl (C=O) groups is 1. The molecule has 0 radical (unpaired) electrons. The Morgan fingerprint density at radius 2 is 2.33 bits per heavy atom. The largest absolute Gasteiger partial charge is 0.379 e. The third kappa shape index (κ3) is 4.53. The first-order valence-electron chi connectivity index (χ1n) is 8.02. The van der Waals surface area contributed by atoms with Gasteiger partial charge in [-0.05, 0) is 17.5 Å². The van der Waals surface area contributed by atoms with E-state index in [-0.39, 0.29) is 11.9 Å². The Hall–Kier alpha value is -1.96. The fourth-order valence-electron chi connectivity index (χ4n) is 2.73. The summed E-state index contributed by atoms with van der Waals surface area (Å²) >= 11 is 1.73. The lowest BCUT2D eigenvalue weighted by Gasteiger charge is -2.34. The molecule has 0 aromatic carbocycles. The minimum atomic E-state index is -0.0892. The number of nitrogens with zero attached hydrogens (tertiary/aromatic N) is 3. The molecule has 1 fully saturated rings. The molecule has 0 saturated carbocycles. The molecule has 1 aliphatic rings. The summed E-state index contributed by atoms with van der Waals surface area (Å²) in [6.07, 6.45) is 6.93. The van der Waals surface area contributed by atoms with Gasteiger partial charge in [0, 0.05) is 49.4 Å². The minimum absolute atomic E-state index is 0.0892. The fourth-order valence-corrected chi connectivity index (χ4v) is 3.59. The SMILES string of the molecule is Cn1cc(/C=C/C(=O)NCC(c2cccs2)N2CCOCC2)cn1. The summed E-state index contributed by atoms with van der Waals surface area (Å²) in [5, 5.41) is 9.17. The normalized spacial score (nSPS) is 17.2. The number of amides is 1. The first-order valence-corrected chi connectivity index (χ1v) is 8.90. The maximum Gasteiger partial charge on any atom is 0.244 e. The summed E-state index contributed by atoms with van der Waals surface area (Å²) in [5.41, 5.74) is 0.913. The van der Waals surface area contributed by atoms with Crippen molar-refractivity contribution < 1.29 is 9.53 Å². The summed E-state index contributed by atoms with van der Waals surface area (Å²) in [5.74, 6) is -0.0892. The Bertz CT molecular complexity index is 675. The number of nitrogens with one attached hydrogen (secondary N) is 1. The number of carbonyl (C=O) groups excluding carboxylic acids is 1. The third-order valence-corrected chi connectivity index (χ3v) is 4.95. The van der Waals surface area contributed by atoms with Gasteiger partial charge in [-0.2, -0.15) is 5.10 Å². The highest BCUT2D eigenvalue weighted by atomic mass is 32.1. The van der Waals surface area contributed by atoms with E-state index in [2.05, 4.69) is 32.8 Å². The lowest BCUT2D eigenvalue weighted by atomic mass is 10.2. The molecule has 0 bridgehead atoms. The van der Waals surface area contributed by atoms with Crippen molar-refractivity contribution in [1.82, 2.24) is 20.0 Å². The van der Waals surface area contributed by atoms with Crippen LogP contribution in [0.25, 0.3) is 6.08 Å². The van der Waals surface area contributed by atoms with Crippen LogP contribution in [0.3, 0.4) is 0 Å². The van der Waals surface area contributed by atoms with Crippen molar-refractivity contribution in [3.05, 3.63) is 46.4 Å². The van der Waals surface area contributed by atoms with Crippen LogP contribution in [0, 0.1) is 0 Å². The first-order chi connectivity index (χ1) is 11.7. The molecule has 1 N–H and O–H groups in total. The molecule has 1 unspecified atom stereocenters. The minimum Gasteiger partial charge on any atom is -0.379 e. The molecule has 0 spiro atoms. The Balaban J connectivity index is 1.58. The number of hydrogen-bond acceptors (Lipinski definition) is 5. The molecule has 2 aromatic heterocycles. The van der Waals surface area contributed by atoms with Gasteiger partial charge in [0.2, 0.25) is 5.91 Å². The highest BCUT2D eigenvalue weighted by Crippen LogP contribution is 2.25. The highest BCUT2D eigenvalue weighted by molar-refractivity contribution is 7.10. The zero-order valence-electron chi connectivity index (χ0n) is 13.7. The Labute approximate surface area is 145 Å². The zero-order valence-corrected chi connectivity index (χ0v) is 14.5. The van der Waals surface area contributed by atoms with Crippen molar-refractivity contribution in [3.8, 4) is 0 Å². The van der Waals surface area contributed by atoms with Gasteiger partial charge >= 0.3 is 0 Å². The zero-order chi connectivity index (χ0) is 16.8. The van der Waals surface area contributed by atoms with E-state index in [1.807, 2.05) is 13.2 Å². The molecule has 1 atom stereocenters. The average Bonchev–Trinajstić information content (AvgIpc) is 3.26. The van der Waals surface area contributed by atoms with Gasteiger partial charge in [0.25, 0.3) is 0 Å². The molecule has 6 nitrogen and oxygen atoms in total. The van der Waals surface area contributed by atoms with Crippen LogP contribution in [-0.2, 0) is 16.6 Å². The number of hydrogen-bond donors (Lipinski definition) is 1. The van der Waals surface area contributed by atoms with Crippen molar-refractivity contribution in [2.45, 2.75) is 6.04 Å². The monoisotopic (exact) mass is 346 g/mol. The molecular formula is C17H22N4O2S. The standard InChI is InChI=1S/C17H22N4O2S/c1-20-13-14(11-19-20)4-5-17(22)18-12-15(16-3-2-10-24-16)21-6-8-23-9-7-21/h2-5,10-11,13,15H,6-9,12H2,1H3,(H,18,22)/b5-4+. The van der Waals surface area contributed by atoms with Gasteiger partial charge < -0.3 is 10.1 Å². The maximum atomic E-state index is 12.1. The Morgan fingerprint density at radius 1 is 1.50 bits per heavy atom. The second-order valence-corrected chi connectivity index (χ2v) is 6.68. The lowest BCUT2D eigenvalue weighted by Crippen LogP contribution is -2.43. The van der Waals surface area contributed by atoms with Gasteiger partial charge in [-0.25, -0.2) is 0 Å². The van der Waals surface area contributed by atoms with Crippen molar-refractivity contribution in [2.24, 2.45) is 7.05 Å². The van der Waals surface area contributed by atoms with Crippen LogP contribution in [-0.4, -0.2) is 53.4 Å². The van der Waals surface area contributed by atoms with Crippen molar-refractivity contribution in [1.29, 1.82) is 0 Å². The Kier molecular flexibility index (Phi) is 5.79. The first kappa shape index (κ1) is 16.9. The lowest BCUT2D eigenvalue weighted by molar-refractivity contribution is -0.116. The smallest absolute Gasteiger partial charge is 0.244 e. The number of rotatable bonds is 6. The number of thiophene rings is 1. The summed E-state index contributed by atoms with van der Waals surface area (Å²) in [6, 6.07) is 4.38. The van der Waals surface area contributed by atoms with E-state index in [0.717, 1.165) is 31.9 Å². The predicted octanol–water partition coefficient (Wildman–Crippen LogP) is 1.68. The second kappa shape index (κ2) is 8.23. The van der Waals surface area contributed by atoms with E-state index in [9.17, 15) is 4.79 Å². The summed E-state index contributed by atoms with van der Waals surface area (Å²) in [7, 11) is 1.85. The van der Waals surface area contributed by atoms with E-state index in [1.165, 1.54) is 4.88 Å². The summed E-state index contributed by atoms with van der Waals surface area (Å²) < 4.78 is 7.15. The molecule has 0 aliphatic carbocycles. The number of morpholine rings is 1. The van der Waals surface area contributed by atoms with E-state index in [4.69, 9.17) is 4.74 Å². The second-order valence-electron chi connectivity index (χ2n) is 5.71. The van der Waals surface area contributed by atoms with Crippen LogP contribution in [0.5, 0.6) is 0 Å². The predicted molar refractivity (Wildman–Crippen MR) is 94.7 cm³/mol. The van der Waals surface area contributed by atoms with Crippen LogP contribution in [0.15, 0.2) is 36.0 Å². The van der Waals surface area contributed by atoms with Crippen LogP contribution < -0.4 is 5.32 Å². The molecule has 1 amide bonds. The number of aromatic nitrogens is 2. The third-order valence-electron chi connectivity index (χ3n) is 3.98. The number of ether oxygens (including phenoxy) is 1. The molecule has 128 valence electrons. The average molecular weight is 346 g/mol. The van der Waals surface area contributed by atoms with Gasteiger partial charge in [0.15, 0.2) is 0 Å². The molecular weight excluding hydrogens is 324 g/mol. The van der Waals surface area contributed by atoms with Gasteiger partial charge in [-0.3, -0.25) is 14.4 Å². The molecule has 2 aromatic rings. The molecule has 1 aliphatic heterocycles. The van der Waals surface area contributed by atoms with E-state index >= 15 is 0 Å². The molecule has 7 heteroatoms. The van der Waals surface area contributed by atoms with E-state index in [1.54, 1.807) is 34.4 Å². The highest BCUT2D eigenvalue weighted by Gasteiger charge is 2.23. The van der Waals surface area contributed by atoms with Crippen molar-refractivity contribution in [2.75, 3.05) is 32.8 Å². The summed E-state index contributed by atoms with van der Waals surface area (Å²) in [6.45, 7) is 3.87. The molecule has 24 heavy (non-hydrogen) atoms.